The van der Waals surface area contributed by atoms with Gasteiger partial charge in [0.1, 0.15) is 12.4 Å². The van der Waals surface area contributed by atoms with Gasteiger partial charge in [-0.15, -0.1) is 0 Å². The molecule has 2 atom stereocenters. The van der Waals surface area contributed by atoms with Gasteiger partial charge in [-0.3, -0.25) is 0 Å². The number of benzene rings is 1. The molecule has 0 radical (unpaired) electrons. The van der Waals surface area contributed by atoms with Gasteiger partial charge in [-0.25, -0.2) is 0 Å². The molecule has 1 heterocycles. The molecule has 1 N–H and O–H groups in total. The van der Waals surface area contributed by atoms with Crippen LogP contribution in [0.25, 0.3) is 0 Å². The van der Waals surface area contributed by atoms with Crippen LogP contribution in [0.1, 0.15) is 37.8 Å². The minimum atomic E-state index is 0.232. The average Bonchev–Trinajstić information content (AvgIpc) is 2.86. The fraction of sp³-hybridized carbons (Fsp3) is 0.647. The third-order valence-electron chi connectivity index (χ3n) is 3.86. The maximum atomic E-state index is 6.00. The SMILES string of the molecule is Cc1ccc(OCC2CCC(CNC(C)C)O2)cc1C. The lowest BCUT2D eigenvalue weighted by molar-refractivity contribution is 0.0178. The van der Waals surface area contributed by atoms with E-state index < -0.39 is 0 Å². The molecule has 1 aromatic carbocycles. The van der Waals surface area contributed by atoms with Gasteiger partial charge in [-0.1, -0.05) is 19.9 Å². The lowest BCUT2D eigenvalue weighted by Crippen LogP contribution is -2.32. The maximum absolute atomic E-state index is 6.00. The van der Waals surface area contributed by atoms with Crippen molar-refractivity contribution in [1.29, 1.82) is 0 Å². The van der Waals surface area contributed by atoms with E-state index >= 15 is 0 Å². The molecule has 1 saturated heterocycles. The number of rotatable bonds is 6. The molecule has 1 aliphatic rings. The van der Waals surface area contributed by atoms with Crippen LogP contribution in [0.3, 0.4) is 0 Å². The van der Waals surface area contributed by atoms with Crippen LogP contribution in [0.4, 0.5) is 0 Å². The summed E-state index contributed by atoms with van der Waals surface area (Å²) in [6.45, 7) is 10.1. The Balaban J connectivity index is 1.73. The van der Waals surface area contributed by atoms with Crippen molar-refractivity contribution >= 4 is 0 Å². The fourth-order valence-electron chi connectivity index (χ4n) is 2.41. The Morgan fingerprint density at radius 3 is 2.65 bits per heavy atom. The Morgan fingerprint density at radius 1 is 1.20 bits per heavy atom. The van der Waals surface area contributed by atoms with Gasteiger partial charge in [0, 0.05) is 12.6 Å². The summed E-state index contributed by atoms with van der Waals surface area (Å²) in [5.41, 5.74) is 2.57. The van der Waals surface area contributed by atoms with Crippen molar-refractivity contribution in [3.8, 4) is 5.75 Å². The van der Waals surface area contributed by atoms with Crippen LogP contribution in [-0.4, -0.2) is 31.4 Å². The molecule has 0 spiro atoms. The maximum Gasteiger partial charge on any atom is 0.119 e. The molecule has 0 aliphatic carbocycles. The van der Waals surface area contributed by atoms with E-state index in [9.17, 15) is 0 Å². The Morgan fingerprint density at radius 2 is 1.95 bits per heavy atom. The monoisotopic (exact) mass is 277 g/mol. The van der Waals surface area contributed by atoms with Crippen LogP contribution < -0.4 is 10.1 Å². The second-order valence-electron chi connectivity index (χ2n) is 6.08. The highest BCUT2D eigenvalue weighted by Crippen LogP contribution is 2.22. The predicted molar refractivity (Wildman–Crippen MR) is 82.4 cm³/mol. The smallest absolute Gasteiger partial charge is 0.119 e. The first-order valence-electron chi connectivity index (χ1n) is 7.63. The Labute approximate surface area is 122 Å². The van der Waals surface area contributed by atoms with Gasteiger partial charge in [-0.05, 0) is 49.9 Å². The third-order valence-corrected chi connectivity index (χ3v) is 3.86. The molecule has 112 valence electrons. The fourth-order valence-corrected chi connectivity index (χ4v) is 2.41. The van der Waals surface area contributed by atoms with Gasteiger partial charge in [0.25, 0.3) is 0 Å². The molecule has 3 heteroatoms. The molecular weight excluding hydrogens is 250 g/mol. The number of nitrogens with one attached hydrogen (secondary N) is 1. The number of aryl methyl sites for hydroxylation is 2. The van der Waals surface area contributed by atoms with Crippen molar-refractivity contribution in [3.63, 3.8) is 0 Å². The van der Waals surface area contributed by atoms with Crippen LogP contribution in [0.15, 0.2) is 18.2 Å². The number of hydrogen-bond donors (Lipinski definition) is 1. The van der Waals surface area contributed by atoms with Crippen LogP contribution in [0.5, 0.6) is 5.75 Å². The van der Waals surface area contributed by atoms with Gasteiger partial charge in [0.2, 0.25) is 0 Å². The van der Waals surface area contributed by atoms with Gasteiger partial charge in [0.05, 0.1) is 12.2 Å². The van der Waals surface area contributed by atoms with Crippen LogP contribution in [0, 0.1) is 13.8 Å². The molecule has 3 nitrogen and oxygen atoms in total. The number of ether oxygens (including phenoxy) is 2. The lowest BCUT2D eigenvalue weighted by Gasteiger charge is -2.16. The molecule has 0 amide bonds. The van der Waals surface area contributed by atoms with E-state index in [0.717, 1.165) is 25.1 Å². The lowest BCUT2D eigenvalue weighted by atomic mass is 10.1. The van der Waals surface area contributed by atoms with Crippen molar-refractivity contribution in [2.24, 2.45) is 0 Å². The molecule has 1 aromatic rings. The topological polar surface area (TPSA) is 30.5 Å². The summed E-state index contributed by atoms with van der Waals surface area (Å²) in [6.07, 6.45) is 2.79. The molecule has 20 heavy (non-hydrogen) atoms. The summed E-state index contributed by atoms with van der Waals surface area (Å²) in [6, 6.07) is 6.76. The molecule has 1 aliphatic heterocycles. The molecule has 2 rings (SSSR count). The summed E-state index contributed by atoms with van der Waals surface area (Å²) in [7, 11) is 0. The molecule has 0 bridgehead atoms. The Kier molecular flexibility index (Phi) is 5.44. The Hall–Kier alpha value is -1.06. The van der Waals surface area contributed by atoms with Crippen LogP contribution >= 0.6 is 0 Å². The second kappa shape index (κ2) is 7.09. The van der Waals surface area contributed by atoms with Gasteiger partial charge >= 0.3 is 0 Å². The molecule has 0 saturated carbocycles. The van der Waals surface area contributed by atoms with Gasteiger partial charge < -0.3 is 14.8 Å². The van der Waals surface area contributed by atoms with Crippen molar-refractivity contribution in [2.75, 3.05) is 13.2 Å². The summed E-state index contributed by atoms with van der Waals surface area (Å²) in [5, 5.41) is 3.43. The molecule has 0 aromatic heterocycles. The first kappa shape index (κ1) is 15.3. The quantitative estimate of drug-likeness (QED) is 0.866. The van der Waals surface area contributed by atoms with Crippen molar-refractivity contribution in [1.82, 2.24) is 5.32 Å². The van der Waals surface area contributed by atoms with E-state index in [1.54, 1.807) is 0 Å². The van der Waals surface area contributed by atoms with Crippen molar-refractivity contribution in [2.45, 2.75) is 58.8 Å². The zero-order chi connectivity index (χ0) is 14.5. The summed E-state index contributed by atoms with van der Waals surface area (Å²) >= 11 is 0. The van der Waals surface area contributed by atoms with Crippen molar-refractivity contribution in [3.05, 3.63) is 29.3 Å². The third kappa shape index (κ3) is 4.50. The van der Waals surface area contributed by atoms with Gasteiger partial charge in [-0.2, -0.15) is 0 Å². The zero-order valence-corrected chi connectivity index (χ0v) is 13.1. The van der Waals surface area contributed by atoms with Crippen LogP contribution in [0.2, 0.25) is 0 Å². The minimum Gasteiger partial charge on any atom is -0.491 e. The summed E-state index contributed by atoms with van der Waals surface area (Å²) < 4.78 is 11.9. The highest BCUT2D eigenvalue weighted by Gasteiger charge is 2.25. The van der Waals surface area contributed by atoms with E-state index in [0.29, 0.717) is 18.8 Å². The van der Waals surface area contributed by atoms with E-state index in [1.165, 1.54) is 11.1 Å². The van der Waals surface area contributed by atoms with E-state index in [2.05, 4.69) is 45.1 Å². The molecular formula is C17H27NO2. The first-order valence-corrected chi connectivity index (χ1v) is 7.63. The molecule has 1 fully saturated rings. The summed E-state index contributed by atoms with van der Waals surface area (Å²) in [5.74, 6) is 0.945. The number of hydrogen-bond acceptors (Lipinski definition) is 3. The Bertz CT molecular complexity index is 431. The summed E-state index contributed by atoms with van der Waals surface area (Å²) in [4.78, 5) is 0. The second-order valence-corrected chi connectivity index (χ2v) is 6.08. The van der Waals surface area contributed by atoms with Crippen molar-refractivity contribution < 1.29 is 9.47 Å². The predicted octanol–water partition coefficient (Wildman–Crippen LogP) is 3.23. The van der Waals surface area contributed by atoms with Gasteiger partial charge in [0.15, 0.2) is 0 Å². The highest BCUT2D eigenvalue weighted by molar-refractivity contribution is 5.33. The molecule has 2 unspecified atom stereocenters. The first-order chi connectivity index (χ1) is 9.54. The zero-order valence-electron chi connectivity index (χ0n) is 13.1. The van der Waals surface area contributed by atoms with E-state index in [4.69, 9.17) is 9.47 Å². The standard InChI is InChI=1S/C17H27NO2/c1-12(2)18-10-16-7-8-17(20-16)11-19-15-6-5-13(3)14(4)9-15/h5-6,9,12,16-18H,7-8,10-11H2,1-4H3. The van der Waals surface area contributed by atoms with E-state index in [1.807, 2.05) is 6.07 Å². The normalized spacial score (nSPS) is 22.4. The van der Waals surface area contributed by atoms with E-state index in [-0.39, 0.29) is 6.10 Å². The largest absolute Gasteiger partial charge is 0.491 e. The minimum absolute atomic E-state index is 0.232. The average molecular weight is 277 g/mol. The van der Waals surface area contributed by atoms with Crippen LogP contribution in [-0.2, 0) is 4.74 Å². The highest BCUT2D eigenvalue weighted by atomic mass is 16.5.